The molecule has 8 nitrogen and oxygen atoms in total. The normalized spacial score (nSPS) is 13.2. The molecular formula is C22H18ClN3O5S. The number of nitrogens with zero attached hydrogens (tertiary/aromatic N) is 1. The van der Waals surface area contributed by atoms with Crippen LogP contribution in [0.4, 0.5) is 17.1 Å². The highest BCUT2D eigenvalue weighted by Crippen LogP contribution is 2.34. The van der Waals surface area contributed by atoms with Crippen LogP contribution in [-0.4, -0.2) is 33.4 Å². The summed E-state index contributed by atoms with van der Waals surface area (Å²) in [6.07, 6.45) is 0. The Morgan fingerprint density at radius 3 is 2.50 bits per heavy atom. The smallest absolute Gasteiger partial charge is 0.265 e. The molecule has 0 saturated heterocycles. The zero-order valence-electron chi connectivity index (χ0n) is 16.6. The van der Waals surface area contributed by atoms with Gasteiger partial charge in [0.1, 0.15) is 12.3 Å². The highest BCUT2D eigenvalue weighted by molar-refractivity contribution is 7.92. The molecule has 1 heterocycles. The van der Waals surface area contributed by atoms with Gasteiger partial charge in [-0.15, -0.1) is 0 Å². The predicted octanol–water partition coefficient (Wildman–Crippen LogP) is 3.50. The third kappa shape index (κ3) is 4.84. The molecular weight excluding hydrogens is 454 g/mol. The summed E-state index contributed by atoms with van der Waals surface area (Å²) in [5, 5.41) is 3.13. The Kier molecular flexibility index (Phi) is 6.02. The van der Waals surface area contributed by atoms with Crippen molar-refractivity contribution in [2.75, 3.05) is 28.1 Å². The number of hydrogen-bond acceptors (Lipinski definition) is 5. The molecule has 0 atom stereocenters. The van der Waals surface area contributed by atoms with E-state index in [4.69, 9.17) is 16.3 Å². The predicted molar refractivity (Wildman–Crippen MR) is 122 cm³/mol. The van der Waals surface area contributed by atoms with E-state index >= 15 is 0 Å². The van der Waals surface area contributed by atoms with Crippen LogP contribution in [0.15, 0.2) is 77.7 Å². The Hall–Kier alpha value is -3.56. The summed E-state index contributed by atoms with van der Waals surface area (Å²) >= 11 is 5.93. The number of fused-ring (bicyclic) bond motifs is 1. The van der Waals surface area contributed by atoms with Crippen LogP contribution >= 0.6 is 11.6 Å². The van der Waals surface area contributed by atoms with Crippen LogP contribution in [0.25, 0.3) is 0 Å². The zero-order chi connectivity index (χ0) is 22.7. The van der Waals surface area contributed by atoms with Crippen LogP contribution in [0.5, 0.6) is 5.75 Å². The van der Waals surface area contributed by atoms with E-state index in [1.165, 1.54) is 23.1 Å². The second-order valence-electron chi connectivity index (χ2n) is 6.93. The van der Waals surface area contributed by atoms with Crippen molar-refractivity contribution in [3.63, 3.8) is 0 Å². The van der Waals surface area contributed by atoms with Gasteiger partial charge in [-0.05, 0) is 48.5 Å². The largest absolute Gasteiger partial charge is 0.482 e. The van der Waals surface area contributed by atoms with Gasteiger partial charge in [-0.1, -0.05) is 35.9 Å². The number of benzene rings is 3. The fraction of sp³-hybridized carbons (Fsp3) is 0.0909. The summed E-state index contributed by atoms with van der Waals surface area (Å²) < 4.78 is 33.5. The minimum Gasteiger partial charge on any atom is -0.482 e. The molecule has 0 unspecified atom stereocenters. The molecule has 32 heavy (non-hydrogen) atoms. The molecule has 1 aliphatic heterocycles. The lowest BCUT2D eigenvalue weighted by molar-refractivity contribution is -0.123. The Morgan fingerprint density at radius 2 is 1.75 bits per heavy atom. The highest BCUT2D eigenvalue weighted by Gasteiger charge is 2.29. The lowest BCUT2D eigenvalue weighted by Gasteiger charge is -2.29. The monoisotopic (exact) mass is 471 g/mol. The van der Waals surface area contributed by atoms with E-state index in [0.29, 0.717) is 22.1 Å². The molecule has 2 N–H and O–H groups in total. The van der Waals surface area contributed by atoms with Gasteiger partial charge in [0, 0.05) is 16.4 Å². The Labute approximate surface area is 189 Å². The molecule has 0 spiro atoms. The average molecular weight is 472 g/mol. The first-order chi connectivity index (χ1) is 15.3. The Balaban J connectivity index is 1.59. The van der Waals surface area contributed by atoms with Gasteiger partial charge in [0.15, 0.2) is 6.61 Å². The number of anilines is 3. The number of halogens is 1. The molecule has 0 aromatic heterocycles. The van der Waals surface area contributed by atoms with Crippen molar-refractivity contribution in [1.29, 1.82) is 0 Å². The molecule has 0 bridgehead atoms. The average Bonchev–Trinajstić information content (AvgIpc) is 2.76. The molecule has 0 saturated carbocycles. The van der Waals surface area contributed by atoms with Gasteiger partial charge in [0.2, 0.25) is 5.91 Å². The SMILES string of the molecule is O=C(CN1C(=O)COc2ccc(S(=O)(=O)Nc3ccccc3)cc21)Nc1cccc(Cl)c1. The highest BCUT2D eigenvalue weighted by atomic mass is 35.5. The van der Waals surface area contributed by atoms with Crippen molar-refractivity contribution >= 4 is 50.5 Å². The topological polar surface area (TPSA) is 105 Å². The van der Waals surface area contributed by atoms with Crippen molar-refractivity contribution in [2.45, 2.75) is 4.90 Å². The zero-order valence-corrected chi connectivity index (χ0v) is 18.2. The van der Waals surface area contributed by atoms with Crippen LogP contribution in [-0.2, 0) is 19.6 Å². The second kappa shape index (κ2) is 8.89. The maximum absolute atomic E-state index is 12.8. The minimum atomic E-state index is -3.93. The summed E-state index contributed by atoms with van der Waals surface area (Å²) in [5.41, 5.74) is 1.07. The van der Waals surface area contributed by atoms with Crippen LogP contribution < -0.4 is 19.7 Å². The van der Waals surface area contributed by atoms with Crippen LogP contribution in [0.1, 0.15) is 0 Å². The number of sulfonamides is 1. The fourth-order valence-electron chi connectivity index (χ4n) is 3.15. The summed E-state index contributed by atoms with van der Waals surface area (Å²) in [5.74, 6) is -0.632. The molecule has 1 aliphatic rings. The van der Waals surface area contributed by atoms with Crippen LogP contribution in [0.3, 0.4) is 0 Å². The van der Waals surface area contributed by atoms with Gasteiger partial charge in [-0.3, -0.25) is 19.2 Å². The summed E-state index contributed by atoms with van der Waals surface area (Å²) in [4.78, 5) is 26.2. The van der Waals surface area contributed by atoms with E-state index in [1.807, 2.05) is 0 Å². The molecule has 3 aromatic carbocycles. The number of nitrogens with one attached hydrogen (secondary N) is 2. The van der Waals surface area contributed by atoms with Crippen LogP contribution in [0.2, 0.25) is 5.02 Å². The Bertz CT molecular complexity index is 1280. The summed E-state index contributed by atoms with van der Waals surface area (Å²) in [6, 6.07) is 19.2. The molecule has 2 amide bonds. The standard InChI is InChI=1S/C22H18ClN3O5S/c23-15-5-4-8-17(11-15)24-21(27)13-26-19-12-18(9-10-20(19)31-14-22(26)28)32(29,30)25-16-6-2-1-3-7-16/h1-12,25H,13-14H2,(H,24,27). The third-order valence-electron chi connectivity index (χ3n) is 4.62. The quantitative estimate of drug-likeness (QED) is 0.572. The van der Waals surface area contributed by atoms with Gasteiger partial charge in [0.05, 0.1) is 10.6 Å². The minimum absolute atomic E-state index is 0.0707. The molecule has 3 aromatic rings. The molecule has 164 valence electrons. The van der Waals surface area contributed by atoms with Gasteiger partial charge >= 0.3 is 0 Å². The van der Waals surface area contributed by atoms with Crippen molar-refractivity contribution in [3.05, 3.63) is 77.8 Å². The van der Waals surface area contributed by atoms with Crippen molar-refractivity contribution < 1.29 is 22.7 Å². The van der Waals surface area contributed by atoms with E-state index in [1.54, 1.807) is 54.6 Å². The third-order valence-corrected chi connectivity index (χ3v) is 6.23. The lowest BCUT2D eigenvalue weighted by atomic mass is 10.2. The fourth-order valence-corrected chi connectivity index (χ4v) is 4.42. The first-order valence-corrected chi connectivity index (χ1v) is 11.4. The molecule has 0 aliphatic carbocycles. The van der Waals surface area contributed by atoms with Gasteiger partial charge < -0.3 is 10.1 Å². The lowest BCUT2D eigenvalue weighted by Crippen LogP contribution is -2.43. The van der Waals surface area contributed by atoms with Gasteiger partial charge in [0.25, 0.3) is 15.9 Å². The number of amides is 2. The van der Waals surface area contributed by atoms with E-state index in [-0.39, 0.29) is 23.7 Å². The first-order valence-electron chi connectivity index (χ1n) is 9.52. The van der Waals surface area contributed by atoms with E-state index in [0.717, 1.165) is 0 Å². The molecule has 0 radical (unpaired) electrons. The number of para-hydroxylation sites is 1. The van der Waals surface area contributed by atoms with Crippen molar-refractivity contribution in [3.8, 4) is 5.75 Å². The number of hydrogen-bond donors (Lipinski definition) is 2. The maximum Gasteiger partial charge on any atom is 0.265 e. The van der Waals surface area contributed by atoms with Crippen LogP contribution in [0, 0.1) is 0 Å². The number of rotatable bonds is 6. The second-order valence-corrected chi connectivity index (χ2v) is 9.05. The van der Waals surface area contributed by atoms with Crippen molar-refractivity contribution in [1.82, 2.24) is 0 Å². The molecule has 10 heteroatoms. The van der Waals surface area contributed by atoms with Crippen molar-refractivity contribution in [2.24, 2.45) is 0 Å². The molecule has 4 rings (SSSR count). The maximum atomic E-state index is 12.8. The first kappa shape index (κ1) is 21.7. The number of carbonyl (C=O) groups excluding carboxylic acids is 2. The summed E-state index contributed by atoms with van der Waals surface area (Å²) in [6.45, 7) is -0.580. The Morgan fingerprint density at radius 1 is 1.00 bits per heavy atom. The van der Waals surface area contributed by atoms with Gasteiger partial charge in [-0.25, -0.2) is 8.42 Å². The number of ether oxygens (including phenoxy) is 1. The van der Waals surface area contributed by atoms with E-state index in [9.17, 15) is 18.0 Å². The number of carbonyl (C=O) groups is 2. The summed E-state index contributed by atoms with van der Waals surface area (Å²) in [7, 11) is -3.93. The van der Waals surface area contributed by atoms with Gasteiger partial charge in [-0.2, -0.15) is 0 Å². The van der Waals surface area contributed by atoms with E-state index < -0.39 is 21.8 Å². The van der Waals surface area contributed by atoms with E-state index in [2.05, 4.69) is 10.0 Å². The molecule has 0 fully saturated rings.